The number of aromatic nitrogens is 4. The molecule has 1 aliphatic rings. The van der Waals surface area contributed by atoms with Gasteiger partial charge in [-0.2, -0.15) is 0 Å². The zero-order valence-electron chi connectivity index (χ0n) is 29.9. The summed E-state index contributed by atoms with van der Waals surface area (Å²) in [5.74, 6) is -4.70. The third-order valence-corrected chi connectivity index (χ3v) is 10.2. The second-order valence-corrected chi connectivity index (χ2v) is 14.3. The highest BCUT2D eigenvalue weighted by molar-refractivity contribution is 7.12. The van der Waals surface area contributed by atoms with Crippen molar-refractivity contribution in [3.05, 3.63) is 99.1 Å². The number of imidazole rings is 1. The normalized spacial score (nSPS) is 13.9. The van der Waals surface area contributed by atoms with E-state index in [9.17, 15) is 32.8 Å². The molecule has 0 radical (unpaired) electrons. The van der Waals surface area contributed by atoms with Crippen LogP contribution in [0.4, 0.5) is 31.7 Å². The van der Waals surface area contributed by atoms with Crippen LogP contribution in [0, 0.1) is 0 Å². The summed E-state index contributed by atoms with van der Waals surface area (Å²) in [7, 11) is 4.92. The number of aryl methyl sites for hydroxylation is 3. The van der Waals surface area contributed by atoms with Gasteiger partial charge in [0, 0.05) is 90.0 Å². The third kappa shape index (κ3) is 9.45. The number of halogens is 3. The zero-order chi connectivity index (χ0) is 39.4. The fourth-order valence-electron chi connectivity index (χ4n) is 5.90. The highest BCUT2D eigenvalue weighted by Crippen LogP contribution is 2.27. The maximum absolute atomic E-state index is 13.4. The van der Waals surface area contributed by atoms with Crippen LogP contribution in [0.1, 0.15) is 64.5 Å². The number of nitrogens with one attached hydrogen (secondary N) is 5. The SMILES string of the molecule is Cn1cc(NC(=O)c2cc(NC(=O)c3ccc(NC(=O)c4nc(NC(=O)c5sccc5Cl)cn4C)cc3)cn2C)cc1C(=O)NCCN1CCC(F)(F)CC1. The number of piperidine rings is 1. The van der Waals surface area contributed by atoms with Gasteiger partial charge >= 0.3 is 0 Å². The van der Waals surface area contributed by atoms with Crippen LogP contribution in [-0.2, 0) is 21.1 Å². The van der Waals surface area contributed by atoms with Crippen LogP contribution < -0.4 is 26.6 Å². The molecule has 5 amide bonds. The van der Waals surface area contributed by atoms with Gasteiger partial charge in [-0.05, 0) is 47.8 Å². The van der Waals surface area contributed by atoms with E-state index in [1.165, 1.54) is 46.4 Å². The Morgan fingerprint density at radius 1 is 0.745 bits per heavy atom. The van der Waals surface area contributed by atoms with Crippen molar-refractivity contribution in [2.45, 2.75) is 18.8 Å². The molecule has 0 atom stereocenters. The molecule has 0 bridgehead atoms. The van der Waals surface area contributed by atoms with Crippen LogP contribution in [-0.4, -0.2) is 85.2 Å². The Bertz CT molecular complexity index is 2250. The van der Waals surface area contributed by atoms with Crippen molar-refractivity contribution in [2.75, 3.05) is 47.4 Å². The van der Waals surface area contributed by atoms with E-state index in [1.807, 2.05) is 4.90 Å². The highest BCUT2D eigenvalue weighted by Gasteiger charge is 2.33. The Morgan fingerprint density at radius 2 is 1.35 bits per heavy atom. The van der Waals surface area contributed by atoms with Gasteiger partial charge in [0.05, 0.1) is 16.4 Å². The minimum atomic E-state index is -2.63. The predicted octanol–water partition coefficient (Wildman–Crippen LogP) is 5.28. The van der Waals surface area contributed by atoms with Crippen LogP contribution in [0.15, 0.2) is 66.4 Å². The summed E-state index contributed by atoms with van der Waals surface area (Å²) in [6, 6.07) is 10.8. The lowest BCUT2D eigenvalue weighted by atomic mass is 10.1. The molecular weight excluding hydrogens is 758 g/mol. The molecule has 1 aliphatic heterocycles. The summed E-state index contributed by atoms with van der Waals surface area (Å²) in [6.45, 7) is 1.29. The molecule has 1 fully saturated rings. The van der Waals surface area contributed by atoms with Gasteiger partial charge in [-0.1, -0.05) is 11.6 Å². The molecule has 19 heteroatoms. The highest BCUT2D eigenvalue weighted by atomic mass is 35.5. The maximum Gasteiger partial charge on any atom is 0.291 e. The van der Waals surface area contributed by atoms with E-state index in [0.29, 0.717) is 45.7 Å². The number of alkyl halides is 2. The molecule has 1 aromatic carbocycles. The molecule has 1 saturated heterocycles. The Labute approximate surface area is 322 Å². The van der Waals surface area contributed by atoms with Gasteiger partial charge < -0.3 is 45.2 Å². The summed E-state index contributed by atoms with van der Waals surface area (Å²) in [5, 5.41) is 15.7. The lowest BCUT2D eigenvalue weighted by Gasteiger charge is -2.31. The van der Waals surface area contributed by atoms with Crippen LogP contribution in [0.5, 0.6) is 0 Å². The molecule has 0 saturated carbocycles. The summed E-state index contributed by atoms with van der Waals surface area (Å²) in [5.41, 5.74) is 1.97. The molecule has 0 aliphatic carbocycles. The van der Waals surface area contributed by atoms with Gasteiger partial charge in [-0.3, -0.25) is 24.0 Å². The second-order valence-electron chi connectivity index (χ2n) is 13.0. The number of thiophene rings is 1. The van der Waals surface area contributed by atoms with Crippen LogP contribution in [0.2, 0.25) is 5.02 Å². The van der Waals surface area contributed by atoms with E-state index in [1.54, 1.807) is 66.3 Å². The van der Waals surface area contributed by atoms with Gasteiger partial charge in [0.1, 0.15) is 16.3 Å². The largest absolute Gasteiger partial charge is 0.349 e. The Balaban J connectivity index is 0.990. The number of rotatable bonds is 12. The van der Waals surface area contributed by atoms with Gasteiger partial charge in [-0.25, -0.2) is 13.8 Å². The number of carbonyl (C=O) groups excluding carboxylic acids is 5. The minimum Gasteiger partial charge on any atom is -0.349 e. The number of hydrogen-bond acceptors (Lipinski definition) is 8. The Kier molecular flexibility index (Phi) is 11.5. The Hall–Kier alpha value is -5.85. The number of anilines is 4. The monoisotopic (exact) mass is 794 g/mol. The molecule has 4 aromatic heterocycles. The molecule has 5 heterocycles. The number of hydrogen-bond donors (Lipinski definition) is 5. The predicted molar refractivity (Wildman–Crippen MR) is 205 cm³/mol. The molecule has 15 nitrogen and oxygen atoms in total. The molecule has 5 N–H and O–H groups in total. The number of benzene rings is 1. The average Bonchev–Trinajstić information content (AvgIpc) is 3.92. The van der Waals surface area contributed by atoms with E-state index >= 15 is 0 Å². The summed E-state index contributed by atoms with van der Waals surface area (Å²) < 4.78 is 31.4. The quantitative estimate of drug-likeness (QED) is 0.114. The molecule has 55 heavy (non-hydrogen) atoms. The molecule has 288 valence electrons. The van der Waals surface area contributed by atoms with Crippen LogP contribution in [0.25, 0.3) is 0 Å². The number of carbonyl (C=O) groups is 5. The molecule has 0 spiro atoms. The maximum atomic E-state index is 13.4. The summed E-state index contributed by atoms with van der Waals surface area (Å²) in [4.78, 5) is 70.9. The van der Waals surface area contributed by atoms with Crippen molar-refractivity contribution in [1.82, 2.24) is 28.9 Å². The van der Waals surface area contributed by atoms with Gasteiger partial charge in [-0.15, -0.1) is 11.3 Å². The van der Waals surface area contributed by atoms with E-state index < -0.39 is 29.6 Å². The van der Waals surface area contributed by atoms with Crippen LogP contribution in [0.3, 0.4) is 0 Å². The topological polar surface area (TPSA) is 176 Å². The minimum absolute atomic E-state index is 0.0373. The fourth-order valence-corrected chi connectivity index (χ4v) is 6.93. The van der Waals surface area contributed by atoms with E-state index in [2.05, 4.69) is 31.6 Å². The number of amides is 5. The first-order chi connectivity index (χ1) is 26.2. The van der Waals surface area contributed by atoms with Crippen molar-refractivity contribution in [3.8, 4) is 0 Å². The van der Waals surface area contributed by atoms with E-state index in [4.69, 9.17) is 11.6 Å². The number of nitrogens with zero attached hydrogens (tertiary/aromatic N) is 5. The molecular formula is C36H37ClF2N10O5S. The zero-order valence-corrected chi connectivity index (χ0v) is 31.5. The third-order valence-electron chi connectivity index (χ3n) is 8.84. The van der Waals surface area contributed by atoms with Gasteiger partial charge in [0.15, 0.2) is 5.82 Å². The first-order valence-corrected chi connectivity index (χ1v) is 18.2. The lowest BCUT2D eigenvalue weighted by Crippen LogP contribution is -2.43. The van der Waals surface area contributed by atoms with Gasteiger partial charge in [0.2, 0.25) is 5.82 Å². The van der Waals surface area contributed by atoms with E-state index in [0.717, 1.165) is 0 Å². The first kappa shape index (κ1) is 38.9. The second kappa shape index (κ2) is 16.3. The van der Waals surface area contributed by atoms with Crippen molar-refractivity contribution in [2.24, 2.45) is 21.1 Å². The van der Waals surface area contributed by atoms with Gasteiger partial charge in [0.25, 0.3) is 35.5 Å². The summed E-state index contributed by atoms with van der Waals surface area (Å²) >= 11 is 7.21. The molecule has 5 aromatic rings. The van der Waals surface area contributed by atoms with Crippen LogP contribution >= 0.6 is 22.9 Å². The van der Waals surface area contributed by atoms with Crippen molar-refractivity contribution in [3.63, 3.8) is 0 Å². The standard InChI is InChI=1S/C36H37ClF2N10O5S/c1-46-19-24(16-26(46)32(51)40-11-14-49-12-9-36(38,39)10-13-49)43-33(52)27-17-23(18-47(27)2)42-31(50)21-4-6-22(7-5-21)41-35(54)30-44-28(20-48(30)3)45-34(53)29-25(37)8-15-55-29/h4-8,15-20H,9-14H2,1-3H3,(H,40,51)(H,41,54)(H,42,50)(H,43,52)(H,45,53). The first-order valence-electron chi connectivity index (χ1n) is 17.0. The lowest BCUT2D eigenvalue weighted by molar-refractivity contribution is -0.0547. The van der Waals surface area contributed by atoms with Crippen molar-refractivity contribution >= 4 is 75.4 Å². The van der Waals surface area contributed by atoms with Crippen molar-refractivity contribution < 1.29 is 32.8 Å². The smallest absolute Gasteiger partial charge is 0.291 e. The molecule has 0 unspecified atom stereocenters. The average molecular weight is 795 g/mol. The molecule has 6 rings (SSSR count). The number of likely N-dealkylation sites (tertiary alicyclic amines) is 1. The van der Waals surface area contributed by atoms with Crippen molar-refractivity contribution in [1.29, 1.82) is 0 Å². The van der Waals surface area contributed by atoms with E-state index in [-0.39, 0.29) is 54.7 Å². The summed E-state index contributed by atoms with van der Waals surface area (Å²) in [6.07, 6.45) is 4.28. The Morgan fingerprint density at radius 3 is 1.96 bits per heavy atom. The fraction of sp³-hybridized carbons (Fsp3) is 0.278.